The molecule has 1 aliphatic rings. The number of carbonyl (C=O) groups excluding carboxylic acids is 2. The van der Waals surface area contributed by atoms with Gasteiger partial charge in [0.1, 0.15) is 11.6 Å². The van der Waals surface area contributed by atoms with E-state index in [-0.39, 0.29) is 36.5 Å². The van der Waals surface area contributed by atoms with E-state index in [1.54, 1.807) is 44.4 Å². The van der Waals surface area contributed by atoms with Crippen LogP contribution in [0.15, 0.2) is 66.7 Å². The van der Waals surface area contributed by atoms with Gasteiger partial charge in [0.05, 0.1) is 11.0 Å². The summed E-state index contributed by atoms with van der Waals surface area (Å²) < 4.78 is 19.1. The monoisotopic (exact) mass is 560 g/mol. The van der Waals surface area contributed by atoms with Crippen molar-refractivity contribution in [2.24, 2.45) is 0 Å². The summed E-state index contributed by atoms with van der Waals surface area (Å²) in [7, 11) is 3.21. The first-order valence-electron chi connectivity index (χ1n) is 11.5. The Balaban J connectivity index is 1.56. The highest BCUT2D eigenvalue weighted by molar-refractivity contribution is 6.35. The molecule has 1 heterocycles. The third-order valence-electron chi connectivity index (χ3n) is 6.42. The number of likely N-dealkylation sites (N-methyl/N-ethyl adjacent to an activating group) is 1. The highest BCUT2D eigenvalue weighted by atomic mass is 35.5. The molecule has 0 bridgehead atoms. The van der Waals surface area contributed by atoms with Crippen LogP contribution in [0.3, 0.4) is 0 Å². The molecule has 2 atom stereocenters. The fraction of sp³-hybridized carbons (Fsp3) is 0.231. The number of likely N-dealkylation sites (tertiary alicyclic amines) is 1. The van der Waals surface area contributed by atoms with Gasteiger partial charge in [0.2, 0.25) is 0 Å². The van der Waals surface area contributed by atoms with E-state index >= 15 is 0 Å². The van der Waals surface area contributed by atoms with Crippen molar-refractivity contribution < 1.29 is 23.6 Å². The van der Waals surface area contributed by atoms with Gasteiger partial charge >= 0.3 is 12.1 Å². The van der Waals surface area contributed by atoms with Crippen molar-refractivity contribution in [2.45, 2.75) is 12.0 Å². The van der Waals surface area contributed by atoms with Gasteiger partial charge in [-0.2, -0.15) is 0 Å². The zero-order valence-corrected chi connectivity index (χ0v) is 21.9. The molecule has 38 heavy (non-hydrogen) atoms. The first kappa shape index (κ1) is 27.2. The van der Waals surface area contributed by atoms with Crippen LogP contribution in [-0.4, -0.2) is 60.1 Å². The molecule has 12 heteroatoms. The van der Waals surface area contributed by atoms with Gasteiger partial charge in [0.25, 0.3) is 5.69 Å². The standard InChI is InChI=1S/C26H23Cl2FN4O5/c1-30(21-12-17(27)11-18(28)13-21)25(34)31(2)24-15-32(14-23(24)16-3-5-19(29)6-4-16)26(35)38-22-9-7-20(8-10-22)33(36)37/h3-13,23-24H,14-15H2,1-2H3/t23-,24+/m0/s1. The first-order valence-corrected chi connectivity index (χ1v) is 12.2. The Morgan fingerprint density at radius 3 is 2.18 bits per heavy atom. The van der Waals surface area contributed by atoms with Crippen molar-refractivity contribution in [3.8, 4) is 5.75 Å². The summed E-state index contributed by atoms with van der Waals surface area (Å²) in [5.74, 6) is -0.602. The number of non-ortho nitro benzene ring substituents is 1. The molecular weight excluding hydrogens is 538 g/mol. The van der Waals surface area contributed by atoms with Crippen molar-refractivity contribution in [3.63, 3.8) is 0 Å². The lowest BCUT2D eigenvalue weighted by molar-refractivity contribution is -0.384. The summed E-state index contributed by atoms with van der Waals surface area (Å²) in [4.78, 5) is 41.1. The molecule has 1 fully saturated rings. The third-order valence-corrected chi connectivity index (χ3v) is 6.86. The van der Waals surface area contributed by atoms with E-state index in [0.29, 0.717) is 15.7 Å². The Morgan fingerprint density at radius 1 is 1.00 bits per heavy atom. The minimum atomic E-state index is -0.677. The van der Waals surface area contributed by atoms with E-state index < -0.39 is 22.9 Å². The largest absolute Gasteiger partial charge is 0.415 e. The highest BCUT2D eigenvalue weighted by Gasteiger charge is 2.41. The van der Waals surface area contributed by atoms with Gasteiger partial charge in [-0.1, -0.05) is 35.3 Å². The van der Waals surface area contributed by atoms with Crippen molar-refractivity contribution in [1.29, 1.82) is 0 Å². The van der Waals surface area contributed by atoms with Crippen LogP contribution in [0.25, 0.3) is 0 Å². The molecule has 0 aromatic heterocycles. The smallest absolute Gasteiger partial charge is 0.410 e. The van der Waals surface area contributed by atoms with Crippen molar-refractivity contribution >= 4 is 46.7 Å². The summed E-state index contributed by atoms with van der Waals surface area (Å²) in [5.41, 5.74) is 1.10. The van der Waals surface area contributed by atoms with Crippen LogP contribution in [0.4, 0.5) is 25.4 Å². The van der Waals surface area contributed by atoms with Crippen LogP contribution < -0.4 is 9.64 Å². The Kier molecular flexibility index (Phi) is 8.03. The van der Waals surface area contributed by atoms with E-state index in [9.17, 15) is 24.1 Å². The van der Waals surface area contributed by atoms with E-state index in [0.717, 1.165) is 5.56 Å². The van der Waals surface area contributed by atoms with Crippen LogP contribution in [0.2, 0.25) is 10.0 Å². The molecule has 198 valence electrons. The first-order chi connectivity index (χ1) is 18.0. The minimum absolute atomic E-state index is 0.132. The molecule has 0 N–H and O–H groups in total. The number of nitro groups is 1. The second kappa shape index (κ2) is 11.2. The van der Waals surface area contributed by atoms with Crippen LogP contribution in [0, 0.1) is 15.9 Å². The van der Waals surface area contributed by atoms with Gasteiger partial charge in [-0.3, -0.25) is 15.0 Å². The predicted octanol–water partition coefficient (Wildman–Crippen LogP) is 6.20. The molecule has 9 nitrogen and oxygen atoms in total. The summed E-state index contributed by atoms with van der Waals surface area (Å²) in [6.45, 7) is 0.340. The Labute approximate surface area is 228 Å². The second-order valence-corrected chi connectivity index (χ2v) is 9.70. The number of ether oxygens (including phenoxy) is 1. The molecule has 3 aromatic carbocycles. The third kappa shape index (κ3) is 5.98. The highest BCUT2D eigenvalue weighted by Crippen LogP contribution is 2.33. The summed E-state index contributed by atoms with van der Waals surface area (Å²) in [6, 6.07) is 15.0. The lowest BCUT2D eigenvalue weighted by Gasteiger charge is -2.32. The number of carbonyl (C=O) groups is 2. The van der Waals surface area contributed by atoms with E-state index in [4.69, 9.17) is 27.9 Å². The van der Waals surface area contributed by atoms with Gasteiger partial charge < -0.3 is 14.5 Å². The van der Waals surface area contributed by atoms with Gasteiger partial charge in [0.15, 0.2) is 0 Å². The molecule has 0 unspecified atom stereocenters. The zero-order chi connectivity index (χ0) is 27.6. The van der Waals surface area contributed by atoms with Crippen LogP contribution >= 0.6 is 23.2 Å². The fourth-order valence-electron chi connectivity index (χ4n) is 4.39. The molecule has 1 saturated heterocycles. The fourth-order valence-corrected chi connectivity index (χ4v) is 4.90. The van der Waals surface area contributed by atoms with E-state index in [1.165, 1.54) is 51.1 Å². The molecule has 0 radical (unpaired) electrons. The number of rotatable bonds is 5. The summed E-state index contributed by atoms with van der Waals surface area (Å²) in [5, 5.41) is 11.6. The lowest BCUT2D eigenvalue weighted by Crippen LogP contribution is -2.47. The normalized spacial score (nSPS) is 16.7. The molecule has 3 amide bonds. The van der Waals surface area contributed by atoms with E-state index in [2.05, 4.69) is 0 Å². The van der Waals surface area contributed by atoms with Crippen LogP contribution in [0.1, 0.15) is 11.5 Å². The average molecular weight is 561 g/mol. The zero-order valence-electron chi connectivity index (χ0n) is 20.4. The molecule has 0 aliphatic carbocycles. The maximum absolute atomic E-state index is 13.6. The number of nitrogens with zero attached hydrogens (tertiary/aromatic N) is 4. The SMILES string of the molecule is CN(C(=O)N(C)[C@@H]1CN(C(=O)Oc2ccc([N+](=O)[O-])cc2)C[C@H]1c1ccc(F)cc1)c1cc(Cl)cc(Cl)c1. The van der Waals surface area contributed by atoms with Crippen LogP contribution in [0.5, 0.6) is 5.75 Å². The van der Waals surface area contributed by atoms with Crippen molar-refractivity contribution in [3.05, 3.63) is 98.3 Å². The molecule has 4 rings (SSSR count). The maximum Gasteiger partial charge on any atom is 0.415 e. The predicted molar refractivity (Wildman–Crippen MR) is 142 cm³/mol. The minimum Gasteiger partial charge on any atom is -0.410 e. The topological polar surface area (TPSA) is 96.2 Å². The molecule has 1 aliphatic heterocycles. The van der Waals surface area contributed by atoms with E-state index in [1.807, 2.05) is 0 Å². The van der Waals surface area contributed by atoms with Gasteiger partial charge in [0, 0.05) is 61.0 Å². The number of urea groups is 1. The molecule has 3 aromatic rings. The average Bonchev–Trinajstić information content (AvgIpc) is 3.33. The van der Waals surface area contributed by atoms with Crippen molar-refractivity contribution in [2.75, 3.05) is 32.1 Å². The lowest BCUT2D eigenvalue weighted by atomic mass is 9.93. The number of hydrogen-bond donors (Lipinski definition) is 0. The number of benzene rings is 3. The van der Waals surface area contributed by atoms with Gasteiger partial charge in [-0.25, -0.2) is 14.0 Å². The van der Waals surface area contributed by atoms with Gasteiger partial charge in [-0.05, 0) is 48.0 Å². The Hall–Kier alpha value is -3.89. The quantitative estimate of drug-likeness (QED) is 0.273. The van der Waals surface area contributed by atoms with Crippen LogP contribution in [-0.2, 0) is 0 Å². The Morgan fingerprint density at radius 2 is 1.61 bits per heavy atom. The Bertz CT molecular complexity index is 1340. The molecular formula is C26H23Cl2FN4O5. The number of anilines is 1. The number of nitro benzene ring substituents is 1. The summed E-state index contributed by atoms with van der Waals surface area (Å²) in [6.07, 6.45) is -0.677. The summed E-state index contributed by atoms with van der Waals surface area (Å²) >= 11 is 12.2. The number of halogens is 3. The maximum atomic E-state index is 13.6. The second-order valence-electron chi connectivity index (χ2n) is 8.83. The number of hydrogen-bond acceptors (Lipinski definition) is 5. The molecule has 0 saturated carbocycles. The van der Waals surface area contributed by atoms with Gasteiger partial charge in [-0.15, -0.1) is 0 Å². The van der Waals surface area contributed by atoms with Crippen molar-refractivity contribution in [1.82, 2.24) is 9.80 Å². The number of amides is 3. The molecule has 0 spiro atoms.